The van der Waals surface area contributed by atoms with Crippen LogP contribution in [0.2, 0.25) is 10.0 Å². The van der Waals surface area contributed by atoms with Gasteiger partial charge in [-0.2, -0.15) is 4.31 Å². The van der Waals surface area contributed by atoms with Gasteiger partial charge < -0.3 is 4.74 Å². The van der Waals surface area contributed by atoms with E-state index in [1.54, 1.807) is 24.3 Å². The number of rotatable bonds is 6. The Morgan fingerprint density at radius 3 is 2.17 bits per heavy atom. The van der Waals surface area contributed by atoms with Crippen LogP contribution in [0.1, 0.15) is 22.8 Å². The van der Waals surface area contributed by atoms with Crippen LogP contribution >= 0.6 is 23.2 Å². The molecule has 3 aromatic carbocycles. The molecular weight excluding hydrogens is 445 g/mol. The maximum Gasteiger partial charge on any atom is 0.273 e. The molecule has 0 fully saturated rings. The first kappa shape index (κ1) is 22.2. The van der Waals surface area contributed by atoms with Gasteiger partial charge in [-0.3, -0.25) is 4.79 Å². The fourth-order valence-electron chi connectivity index (χ4n) is 2.80. The Bertz CT molecular complexity index is 1160. The number of carbonyl (C=O) groups excluding carboxylic acids is 1. The molecule has 0 spiro atoms. The molecule has 0 saturated heterocycles. The van der Waals surface area contributed by atoms with Crippen LogP contribution in [0.5, 0.6) is 5.75 Å². The van der Waals surface area contributed by atoms with Gasteiger partial charge in [0.15, 0.2) is 0 Å². The van der Waals surface area contributed by atoms with E-state index >= 15 is 0 Å². The van der Waals surface area contributed by atoms with Crippen molar-refractivity contribution in [2.45, 2.75) is 18.7 Å². The average Bonchev–Trinajstić information content (AvgIpc) is 2.70. The highest BCUT2D eigenvalue weighted by Crippen LogP contribution is 2.30. The van der Waals surface area contributed by atoms with Gasteiger partial charge in [0.05, 0.1) is 27.8 Å². The minimum Gasteiger partial charge on any atom is -0.494 e. The molecule has 8 heteroatoms. The molecule has 0 aromatic heterocycles. The molecule has 0 aliphatic carbocycles. The number of hydrogen-bond acceptors (Lipinski definition) is 4. The Morgan fingerprint density at radius 2 is 1.60 bits per heavy atom. The van der Waals surface area contributed by atoms with Crippen molar-refractivity contribution in [1.82, 2.24) is 0 Å². The zero-order chi connectivity index (χ0) is 21.9. The molecule has 30 heavy (non-hydrogen) atoms. The molecule has 5 nitrogen and oxygen atoms in total. The summed E-state index contributed by atoms with van der Waals surface area (Å²) in [5.41, 5.74) is 1.08. The van der Waals surface area contributed by atoms with Crippen molar-refractivity contribution >= 4 is 44.8 Å². The number of nitrogens with zero attached hydrogens (tertiary/aromatic N) is 1. The molecule has 1 amide bonds. The van der Waals surface area contributed by atoms with E-state index in [-0.39, 0.29) is 21.2 Å². The van der Waals surface area contributed by atoms with Crippen molar-refractivity contribution in [3.05, 3.63) is 87.9 Å². The third-order valence-electron chi connectivity index (χ3n) is 4.29. The quantitative estimate of drug-likeness (QED) is 0.467. The van der Waals surface area contributed by atoms with Crippen molar-refractivity contribution < 1.29 is 17.9 Å². The summed E-state index contributed by atoms with van der Waals surface area (Å²) in [4.78, 5) is 13.3. The van der Waals surface area contributed by atoms with E-state index in [0.717, 1.165) is 9.87 Å². The molecule has 0 unspecified atom stereocenters. The van der Waals surface area contributed by atoms with Crippen molar-refractivity contribution in [1.29, 1.82) is 0 Å². The maximum atomic E-state index is 13.5. The maximum absolute atomic E-state index is 13.5. The van der Waals surface area contributed by atoms with Crippen LogP contribution in [-0.4, -0.2) is 20.9 Å². The van der Waals surface area contributed by atoms with E-state index < -0.39 is 15.9 Å². The van der Waals surface area contributed by atoms with Gasteiger partial charge >= 0.3 is 0 Å². The lowest BCUT2D eigenvalue weighted by atomic mass is 10.2. The number of halogens is 2. The summed E-state index contributed by atoms with van der Waals surface area (Å²) in [7, 11) is -4.22. The van der Waals surface area contributed by atoms with Crippen LogP contribution in [0.15, 0.2) is 71.6 Å². The van der Waals surface area contributed by atoms with E-state index in [1.807, 2.05) is 13.8 Å². The largest absolute Gasteiger partial charge is 0.494 e. The fourth-order valence-corrected chi connectivity index (χ4v) is 4.69. The number of anilines is 1. The number of hydrogen-bond donors (Lipinski definition) is 0. The molecule has 156 valence electrons. The van der Waals surface area contributed by atoms with E-state index in [4.69, 9.17) is 27.9 Å². The number of amides is 1. The summed E-state index contributed by atoms with van der Waals surface area (Å²) < 4.78 is 33.1. The molecule has 0 heterocycles. The van der Waals surface area contributed by atoms with E-state index in [9.17, 15) is 13.2 Å². The van der Waals surface area contributed by atoms with Gasteiger partial charge in [-0.25, -0.2) is 8.42 Å². The van der Waals surface area contributed by atoms with Gasteiger partial charge in [-0.15, -0.1) is 0 Å². The SMILES string of the molecule is CCOc1ccc(N(C(=O)c2ccc(Cl)cc2Cl)S(=O)(=O)c2ccc(C)cc2)cc1. The number of benzene rings is 3. The van der Waals surface area contributed by atoms with Crippen LogP contribution < -0.4 is 9.04 Å². The van der Waals surface area contributed by atoms with Gasteiger partial charge in [0.25, 0.3) is 15.9 Å². The van der Waals surface area contributed by atoms with Gasteiger partial charge in [0.2, 0.25) is 0 Å². The predicted octanol–water partition coefficient (Wildman–Crippen LogP) is 5.74. The Balaban J connectivity index is 2.15. The van der Waals surface area contributed by atoms with E-state index in [1.165, 1.54) is 42.5 Å². The fraction of sp³-hybridized carbons (Fsp3) is 0.136. The Kier molecular flexibility index (Phi) is 6.71. The van der Waals surface area contributed by atoms with E-state index in [2.05, 4.69) is 0 Å². The Hall–Kier alpha value is -2.54. The zero-order valence-corrected chi connectivity index (χ0v) is 18.6. The summed E-state index contributed by atoms with van der Waals surface area (Å²) in [6, 6.07) is 16.8. The third kappa shape index (κ3) is 4.61. The lowest BCUT2D eigenvalue weighted by Crippen LogP contribution is -2.37. The van der Waals surface area contributed by atoms with Gasteiger partial charge in [0.1, 0.15) is 5.75 Å². The predicted molar refractivity (Wildman–Crippen MR) is 119 cm³/mol. The van der Waals surface area contributed by atoms with Crippen molar-refractivity contribution in [3.63, 3.8) is 0 Å². The first-order chi connectivity index (χ1) is 14.2. The summed E-state index contributed by atoms with van der Waals surface area (Å²) in [6.45, 7) is 4.15. The minimum atomic E-state index is -4.22. The van der Waals surface area contributed by atoms with Crippen molar-refractivity contribution in [3.8, 4) is 5.75 Å². The standard InChI is InChI=1S/C22H19Cl2NO4S/c1-3-29-18-9-7-17(8-10-18)25(22(26)20-13-6-16(23)14-21(20)24)30(27,28)19-11-4-15(2)5-12-19/h4-14H,3H2,1-2H3. The molecule has 3 rings (SSSR count). The van der Waals surface area contributed by atoms with Crippen molar-refractivity contribution in [2.75, 3.05) is 10.9 Å². The molecule has 3 aromatic rings. The number of carbonyl (C=O) groups is 1. The first-order valence-electron chi connectivity index (χ1n) is 9.08. The summed E-state index contributed by atoms with van der Waals surface area (Å²) in [5.74, 6) is -0.229. The van der Waals surface area contributed by atoms with Gasteiger partial charge in [-0.1, -0.05) is 40.9 Å². The molecule has 0 saturated carbocycles. The Labute approximate surface area is 185 Å². The highest BCUT2D eigenvalue weighted by Gasteiger charge is 2.33. The van der Waals surface area contributed by atoms with Crippen LogP contribution in [0.25, 0.3) is 0 Å². The molecule has 0 aliphatic heterocycles. The average molecular weight is 464 g/mol. The third-order valence-corrected chi connectivity index (χ3v) is 6.56. The molecule has 0 atom stereocenters. The van der Waals surface area contributed by atoms with Crippen LogP contribution in [-0.2, 0) is 10.0 Å². The van der Waals surface area contributed by atoms with Crippen LogP contribution in [0, 0.1) is 6.92 Å². The van der Waals surface area contributed by atoms with Gasteiger partial charge in [0, 0.05) is 5.02 Å². The van der Waals surface area contributed by atoms with Crippen LogP contribution in [0.4, 0.5) is 5.69 Å². The highest BCUT2D eigenvalue weighted by atomic mass is 35.5. The Morgan fingerprint density at radius 1 is 0.967 bits per heavy atom. The summed E-state index contributed by atoms with van der Waals surface area (Å²) >= 11 is 12.1. The monoisotopic (exact) mass is 463 g/mol. The zero-order valence-electron chi connectivity index (χ0n) is 16.3. The molecule has 0 bridgehead atoms. The minimum absolute atomic E-state index is 0.0135. The second-order valence-corrected chi connectivity index (χ2v) is 9.07. The lowest BCUT2D eigenvalue weighted by Gasteiger charge is -2.23. The number of ether oxygens (including phenoxy) is 1. The summed E-state index contributed by atoms with van der Waals surface area (Å²) in [6.07, 6.45) is 0. The molecule has 0 N–H and O–H groups in total. The molecule has 0 radical (unpaired) electrons. The highest BCUT2D eigenvalue weighted by molar-refractivity contribution is 7.93. The number of sulfonamides is 1. The summed E-state index contributed by atoms with van der Waals surface area (Å²) in [5, 5.41) is 0.396. The van der Waals surface area contributed by atoms with Gasteiger partial charge in [-0.05, 0) is 68.4 Å². The topological polar surface area (TPSA) is 63.7 Å². The smallest absolute Gasteiger partial charge is 0.273 e. The first-order valence-corrected chi connectivity index (χ1v) is 11.3. The molecular formula is C22H19Cl2NO4S. The molecule has 0 aliphatic rings. The van der Waals surface area contributed by atoms with E-state index in [0.29, 0.717) is 17.4 Å². The second kappa shape index (κ2) is 9.08. The normalized spacial score (nSPS) is 11.2. The lowest BCUT2D eigenvalue weighted by molar-refractivity contribution is 0.101. The second-order valence-electron chi connectivity index (χ2n) is 6.44. The van der Waals surface area contributed by atoms with Crippen molar-refractivity contribution in [2.24, 2.45) is 0 Å². The number of aryl methyl sites for hydroxylation is 1. The van der Waals surface area contributed by atoms with Crippen LogP contribution in [0.3, 0.4) is 0 Å².